The van der Waals surface area contributed by atoms with Crippen LogP contribution < -0.4 is 9.62 Å². The van der Waals surface area contributed by atoms with Crippen LogP contribution in [0.4, 0.5) is 5.69 Å². The molecular weight excluding hydrogens is 350 g/mol. The second-order valence-electron chi connectivity index (χ2n) is 6.12. The van der Waals surface area contributed by atoms with Crippen LogP contribution >= 0.6 is 0 Å². The number of nitrogens with one attached hydrogen (secondary N) is 1. The van der Waals surface area contributed by atoms with Crippen LogP contribution in [-0.4, -0.2) is 32.1 Å². The number of nitrogens with zero attached hydrogens (tertiary/aromatic N) is 2. The molecule has 0 bridgehead atoms. The third-order valence-electron chi connectivity index (χ3n) is 4.09. The molecule has 0 aliphatic carbocycles. The highest BCUT2D eigenvalue weighted by Gasteiger charge is 2.22. The molecule has 0 spiro atoms. The lowest BCUT2D eigenvalue weighted by molar-refractivity contribution is -0.121. The molecule has 1 amide bonds. The molecule has 2 aromatic rings. The summed E-state index contributed by atoms with van der Waals surface area (Å²) in [5.41, 5.74) is 3.26. The minimum Gasteiger partial charge on any atom is -0.350 e. The number of rotatable bonds is 8. The fourth-order valence-corrected chi connectivity index (χ4v) is 3.80. The van der Waals surface area contributed by atoms with E-state index in [0.717, 1.165) is 23.2 Å². The number of benzene rings is 1. The van der Waals surface area contributed by atoms with E-state index >= 15 is 0 Å². The average Bonchev–Trinajstić information content (AvgIpc) is 2.61. The number of para-hydroxylation sites is 1. The van der Waals surface area contributed by atoms with Gasteiger partial charge in [-0.15, -0.1) is 0 Å². The van der Waals surface area contributed by atoms with E-state index in [1.54, 1.807) is 6.20 Å². The molecule has 0 radical (unpaired) electrons. The van der Waals surface area contributed by atoms with Crippen molar-refractivity contribution in [1.82, 2.24) is 10.3 Å². The molecule has 0 saturated carbocycles. The van der Waals surface area contributed by atoms with Gasteiger partial charge in [-0.2, -0.15) is 0 Å². The molecule has 1 N–H and O–H groups in total. The SMILES string of the molecule is CCc1cccc(C)c1N(CCC(=O)NCc1ccccn1)S(C)(=O)=O. The van der Waals surface area contributed by atoms with Gasteiger partial charge >= 0.3 is 0 Å². The Hall–Kier alpha value is -2.41. The van der Waals surface area contributed by atoms with Gasteiger partial charge in [0.25, 0.3) is 0 Å². The van der Waals surface area contributed by atoms with E-state index in [0.29, 0.717) is 12.2 Å². The molecule has 2 rings (SSSR count). The maximum absolute atomic E-state index is 12.3. The van der Waals surface area contributed by atoms with Crippen LogP contribution in [0.3, 0.4) is 0 Å². The van der Waals surface area contributed by atoms with Crippen LogP contribution in [0.1, 0.15) is 30.2 Å². The molecule has 0 saturated heterocycles. The first-order valence-corrected chi connectivity index (χ1v) is 10.4. The second-order valence-corrected chi connectivity index (χ2v) is 8.03. The maximum atomic E-state index is 12.3. The van der Waals surface area contributed by atoms with Gasteiger partial charge in [0.05, 0.1) is 24.2 Å². The normalized spacial score (nSPS) is 11.2. The molecule has 26 heavy (non-hydrogen) atoms. The first kappa shape index (κ1) is 19.9. The number of pyridine rings is 1. The Morgan fingerprint density at radius 2 is 1.96 bits per heavy atom. The van der Waals surface area contributed by atoms with E-state index in [1.807, 2.05) is 50.2 Å². The standard InChI is InChI=1S/C19H25N3O3S/c1-4-16-9-7-8-15(2)19(16)22(26(3,24)25)13-11-18(23)21-14-17-10-5-6-12-20-17/h5-10,12H,4,11,13-14H2,1-3H3,(H,21,23). The summed E-state index contributed by atoms with van der Waals surface area (Å²) in [6.45, 7) is 4.29. The third kappa shape index (κ3) is 5.29. The second kappa shape index (κ2) is 8.80. The summed E-state index contributed by atoms with van der Waals surface area (Å²) in [6.07, 6.45) is 3.63. The molecule has 7 heteroatoms. The first-order valence-electron chi connectivity index (χ1n) is 8.55. The molecule has 0 atom stereocenters. The topological polar surface area (TPSA) is 79.4 Å². The molecule has 0 aliphatic rings. The zero-order valence-corrected chi connectivity index (χ0v) is 16.2. The fourth-order valence-electron chi connectivity index (χ4n) is 2.79. The lowest BCUT2D eigenvalue weighted by atomic mass is 10.1. The number of hydrogen-bond acceptors (Lipinski definition) is 4. The average molecular weight is 375 g/mol. The van der Waals surface area contributed by atoms with Gasteiger partial charge < -0.3 is 5.32 Å². The predicted octanol–water partition coefficient (Wildman–Crippen LogP) is 2.42. The molecule has 0 aliphatic heterocycles. The van der Waals surface area contributed by atoms with E-state index in [1.165, 1.54) is 10.6 Å². The van der Waals surface area contributed by atoms with Crippen LogP contribution in [0, 0.1) is 6.92 Å². The number of aromatic nitrogens is 1. The van der Waals surface area contributed by atoms with Gasteiger partial charge in [0.15, 0.2) is 0 Å². The number of sulfonamides is 1. The summed E-state index contributed by atoms with van der Waals surface area (Å²) in [4.78, 5) is 16.3. The zero-order chi connectivity index (χ0) is 19.2. The monoisotopic (exact) mass is 375 g/mol. The smallest absolute Gasteiger partial charge is 0.232 e. The minimum absolute atomic E-state index is 0.0807. The highest BCUT2D eigenvalue weighted by Crippen LogP contribution is 2.28. The Kier molecular flexibility index (Phi) is 6.74. The molecule has 0 unspecified atom stereocenters. The molecular formula is C19H25N3O3S. The van der Waals surface area contributed by atoms with Gasteiger partial charge in [-0.25, -0.2) is 8.42 Å². The molecule has 0 fully saturated rings. The van der Waals surface area contributed by atoms with E-state index < -0.39 is 10.0 Å². The van der Waals surface area contributed by atoms with Crippen molar-refractivity contribution in [3.8, 4) is 0 Å². The van der Waals surface area contributed by atoms with Crippen molar-refractivity contribution in [1.29, 1.82) is 0 Å². The number of anilines is 1. The highest BCUT2D eigenvalue weighted by molar-refractivity contribution is 7.92. The summed E-state index contributed by atoms with van der Waals surface area (Å²) in [7, 11) is -3.49. The zero-order valence-electron chi connectivity index (χ0n) is 15.4. The summed E-state index contributed by atoms with van der Waals surface area (Å²) >= 11 is 0. The van der Waals surface area contributed by atoms with E-state index in [4.69, 9.17) is 0 Å². The molecule has 1 heterocycles. The van der Waals surface area contributed by atoms with Crippen LogP contribution in [0.15, 0.2) is 42.6 Å². The largest absolute Gasteiger partial charge is 0.350 e. The lowest BCUT2D eigenvalue weighted by Gasteiger charge is -2.26. The Bertz CT molecular complexity index is 852. The van der Waals surface area contributed by atoms with E-state index in [-0.39, 0.29) is 18.9 Å². The fraction of sp³-hybridized carbons (Fsp3) is 0.368. The molecule has 6 nitrogen and oxygen atoms in total. The third-order valence-corrected chi connectivity index (χ3v) is 5.25. The van der Waals surface area contributed by atoms with Crippen molar-refractivity contribution in [3.63, 3.8) is 0 Å². The highest BCUT2D eigenvalue weighted by atomic mass is 32.2. The van der Waals surface area contributed by atoms with Crippen LogP contribution in [-0.2, 0) is 27.8 Å². The number of carbonyl (C=O) groups is 1. The van der Waals surface area contributed by atoms with Gasteiger partial charge in [-0.1, -0.05) is 31.2 Å². The number of aryl methyl sites for hydroxylation is 2. The van der Waals surface area contributed by atoms with Gasteiger partial charge in [-0.3, -0.25) is 14.1 Å². The van der Waals surface area contributed by atoms with Crippen LogP contribution in [0.25, 0.3) is 0 Å². The maximum Gasteiger partial charge on any atom is 0.232 e. The summed E-state index contributed by atoms with van der Waals surface area (Å²) in [6, 6.07) is 11.2. The molecule has 1 aromatic carbocycles. The Balaban J connectivity index is 2.09. The van der Waals surface area contributed by atoms with Gasteiger partial charge in [0.1, 0.15) is 0 Å². The number of amides is 1. The van der Waals surface area contributed by atoms with Gasteiger partial charge in [-0.05, 0) is 36.6 Å². The summed E-state index contributed by atoms with van der Waals surface area (Å²) < 4.78 is 26.0. The van der Waals surface area contributed by atoms with Crippen molar-refractivity contribution < 1.29 is 13.2 Å². The quantitative estimate of drug-likeness (QED) is 0.768. The Labute approximate surface area is 155 Å². The molecule has 140 valence electrons. The van der Waals surface area contributed by atoms with E-state index in [2.05, 4.69) is 10.3 Å². The number of carbonyl (C=O) groups excluding carboxylic acids is 1. The van der Waals surface area contributed by atoms with Crippen molar-refractivity contribution in [3.05, 3.63) is 59.4 Å². The minimum atomic E-state index is -3.49. The van der Waals surface area contributed by atoms with Crippen molar-refractivity contribution in [2.45, 2.75) is 33.2 Å². The summed E-state index contributed by atoms with van der Waals surface area (Å²) in [5.74, 6) is -0.212. The van der Waals surface area contributed by atoms with Crippen LogP contribution in [0.2, 0.25) is 0 Å². The van der Waals surface area contributed by atoms with Crippen molar-refractivity contribution in [2.24, 2.45) is 0 Å². The number of hydrogen-bond donors (Lipinski definition) is 1. The summed E-state index contributed by atoms with van der Waals surface area (Å²) in [5, 5.41) is 2.78. The van der Waals surface area contributed by atoms with Gasteiger partial charge in [0, 0.05) is 19.2 Å². The molecule has 1 aromatic heterocycles. The van der Waals surface area contributed by atoms with Crippen molar-refractivity contribution >= 4 is 21.6 Å². The van der Waals surface area contributed by atoms with E-state index in [9.17, 15) is 13.2 Å². The lowest BCUT2D eigenvalue weighted by Crippen LogP contribution is -2.35. The Morgan fingerprint density at radius 1 is 1.19 bits per heavy atom. The van der Waals surface area contributed by atoms with Crippen molar-refractivity contribution in [2.75, 3.05) is 17.1 Å². The van der Waals surface area contributed by atoms with Gasteiger partial charge in [0.2, 0.25) is 15.9 Å². The van der Waals surface area contributed by atoms with Crippen LogP contribution in [0.5, 0.6) is 0 Å². The predicted molar refractivity (Wildman–Crippen MR) is 103 cm³/mol. The Morgan fingerprint density at radius 3 is 2.58 bits per heavy atom. The first-order chi connectivity index (χ1) is 12.3.